The molecule has 1 saturated carbocycles. The van der Waals surface area contributed by atoms with Crippen molar-refractivity contribution >= 4 is 17.5 Å². The zero-order valence-corrected chi connectivity index (χ0v) is 15.9. The number of nitro benzene ring substituents is 1. The van der Waals surface area contributed by atoms with Crippen LogP contribution in [0.2, 0.25) is 0 Å². The first-order valence-electron chi connectivity index (χ1n) is 9.71. The first-order valence-corrected chi connectivity index (χ1v) is 9.71. The van der Waals surface area contributed by atoms with E-state index in [1.54, 1.807) is 30.6 Å². The number of nitrogens with zero attached hydrogens (tertiary/aromatic N) is 4. The summed E-state index contributed by atoms with van der Waals surface area (Å²) >= 11 is 0. The number of para-hydroxylation sites is 1. The summed E-state index contributed by atoms with van der Waals surface area (Å²) in [5.74, 6) is 1.18. The maximum absolute atomic E-state index is 11.3. The molecule has 1 fully saturated rings. The predicted molar refractivity (Wildman–Crippen MR) is 112 cm³/mol. The largest absolute Gasteiger partial charge is 0.366 e. The molecule has 1 aromatic carbocycles. The van der Waals surface area contributed by atoms with Crippen LogP contribution in [0.25, 0.3) is 11.3 Å². The van der Waals surface area contributed by atoms with Crippen LogP contribution in [0.1, 0.15) is 31.2 Å². The molecule has 2 heterocycles. The smallest absolute Gasteiger partial charge is 0.274 e. The highest BCUT2D eigenvalue weighted by atomic mass is 16.6. The van der Waals surface area contributed by atoms with Gasteiger partial charge in [-0.3, -0.25) is 15.1 Å². The van der Waals surface area contributed by atoms with Crippen molar-refractivity contribution < 1.29 is 4.92 Å². The lowest BCUT2D eigenvalue weighted by Gasteiger charge is -2.15. The van der Waals surface area contributed by atoms with Crippen molar-refractivity contribution in [2.75, 3.05) is 10.6 Å². The third kappa shape index (κ3) is 4.66. The number of pyridine rings is 1. The average molecular weight is 390 g/mol. The van der Waals surface area contributed by atoms with Gasteiger partial charge in [-0.2, -0.15) is 4.98 Å². The SMILES string of the molecule is O=[N+]([O-])c1ccccc1CNc1cc(-c2ccncc2)nc(NC2CCCC2)n1. The van der Waals surface area contributed by atoms with Crippen molar-refractivity contribution in [1.82, 2.24) is 15.0 Å². The summed E-state index contributed by atoms with van der Waals surface area (Å²) in [7, 11) is 0. The lowest BCUT2D eigenvalue weighted by atomic mass is 10.1. The van der Waals surface area contributed by atoms with Crippen LogP contribution in [-0.4, -0.2) is 25.9 Å². The van der Waals surface area contributed by atoms with Crippen molar-refractivity contribution in [3.8, 4) is 11.3 Å². The van der Waals surface area contributed by atoms with Gasteiger partial charge in [-0.1, -0.05) is 31.0 Å². The fourth-order valence-corrected chi connectivity index (χ4v) is 3.55. The highest BCUT2D eigenvalue weighted by Gasteiger charge is 2.17. The molecule has 29 heavy (non-hydrogen) atoms. The third-order valence-corrected chi connectivity index (χ3v) is 5.04. The standard InChI is InChI=1S/C21H22N6O2/c28-27(29)19-8-4-1-5-16(19)14-23-20-13-18(15-9-11-22-12-10-15)25-21(26-20)24-17-6-2-3-7-17/h1,4-5,8-13,17H,2-3,6-7,14H2,(H2,23,24,25,26). The number of hydrogen-bond acceptors (Lipinski definition) is 7. The van der Waals surface area contributed by atoms with E-state index >= 15 is 0 Å². The average Bonchev–Trinajstić information content (AvgIpc) is 3.26. The Labute approximate surface area is 168 Å². The van der Waals surface area contributed by atoms with E-state index in [2.05, 4.69) is 25.6 Å². The molecule has 0 atom stereocenters. The Morgan fingerprint density at radius 3 is 2.59 bits per heavy atom. The number of nitrogens with one attached hydrogen (secondary N) is 2. The molecule has 2 N–H and O–H groups in total. The van der Waals surface area contributed by atoms with Crippen molar-refractivity contribution in [3.05, 3.63) is 70.5 Å². The molecular weight excluding hydrogens is 368 g/mol. The van der Waals surface area contributed by atoms with Crippen molar-refractivity contribution in [2.24, 2.45) is 0 Å². The molecule has 0 spiro atoms. The topological polar surface area (TPSA) is 106 Å². The van der Waals surface area contributed by atoms with Gasteiger partial charge in [0.1, 0.15) is 5.82 Å². The maximum atomic E-state index is 11.3. The van der Waals surface area contributed by atoms with Crippen molar-refractivity contribution in [2.45, 2.75) is 38.3 Å². The molecule has 0 saturated heterocycles. The molecule has 148 valence electrons. The van der Waals surface area contributed by atoms with Gasteiger partial charge in [0.15, 0.2) is 0 Å². The molecule has 8 heteroatoms. The van der Waals surface area contributed by atoms with Gasteiger partial charge in [0.05, 0.1) is 10.6 Å². The molecule has 8 nitrogen and oxygen atoms in total. The monoisotopic (exact) mass is 390 g/mol. The Balaban J connectivity index is 1.60. The first kappa shape index (κ1) is 18.8. The van der Waals surface area contributed by atoms with Gasteiger partial charge < -0.3 is 10.6 Å². The second-order valence-electron chi connectivity index (χ2n) is 7.06. The van der Waals surface area contributed by atoms with E-state index in [1.165, 1.54) is 18.9 Å². The fraction of sp³-hybridized carbons (Fsp3) is 0.286. The Bertz CT molecular complexity index is 989. The van der Waals surface area contributed by atoms with Gasteiger partial charge in [0.2, 0.25) is 5.95 Å². The maximum Gasteiger partial charge on any atom is 0.274 e. The number of benzene rings is 1. The molecule has 0 amide bonds. The molecule has 0 aliphatic heterocycles. The van der Waals surface area contributed by atoms with Gasteiger partial charge in [0, 0.05) is 48.2 Å². The molecule has 1 aliphatic rings. The molecule has 0 radical (unpaired) electrons. The van der Waals surface area contributed by atoms with E-state index in [4.69, 9.17) is 0 Å². The molecular formula is C21H22N6O2. The number of rotatable bonds is 7. The second-order valence-corrected chi connectivity index (χ2v) is 7.06. The zero-order chi connectivity index (χ0) is 20.1. The minimum absolute atomic E-state index is 0.0905. The Kier molecular flexibility index (Phi) is 5.60. The molecule has 4 rings (SSSR count). The fourth-order valence-electron chi connectivity index (χ4n) is 3.55. The third-order valence-electron chi connectivity index (χ3n) is 5.04. The lowest BCUT2D eigenvalue weighted by molar-refractivity contribution is -0.385. The molecule has 1 aliphatic carbocycles. The normalized spacial score (nSPS) is 13.9. The summed E-state index contributed by atoms with van der Waals surface area (Å²) in [5.41, 5.74) is 2.40. The van der Waals surface area contributed by atoms with Crippen LogP contribution in [0, 0.1) is 10.1 Å². The summed E-state index contributed by atoms with van der Waals surface area (Å²) in [5, 5.41) is 17.9. The van der Waals surface area contributed by atoms with E-state index < -0.39 is 0 Å². The van der Waals surface area contributed by atoms with Crippen LogP contribution in [0.5, 0.6) is 0 Å². The summed E-state index contributed by atoms with van der Waals surface area (Å²) in [6, 6.07) is 12.7. The molecule has 3 aromatic rings. The Morgan fingerprint density at radius 1 is 1.07 bits per heavy atom. The van der Waals surface area contributed by atoms with Gasteiger partial charge in [0.25, 0.3) is 5.69 Å². The van der Waals surface area contributed by atoms with Crippen LogP contribution in [0.3, 0.4) is 0 Å². The molecule has 2 aromatic heterocycles. The van der Waals surface area contributed by atoms with Gasteiger partial charge in [-0.25, -0.2) is 4.98 Å². The summed E-state index contributed by atoms with van der Waals surface area (Å²) in [6.45, 7) is 0.298. The van der Waals surface area contributed by atoms with Gasteiger partial charge in [-0.05, 0) is 25.0 Å². The van der Waals surface area contributed by atoms with Crippen LogP contribution in [0.15, 0.2) is 54.9 Å². The Hall–Kier alpha value is -3.55. The minimum Gasteiger partial charge on any atom is -0.366 e. The van der Waals surface area contributed by atoms with Gasteiger partial charge in [-0.15, -0.1) is 0 Å². The number of aromatic nitrogens is 3. The van der Waals surface area contributed by atoms with E-state index in [0.717, 1.165) is 24.1 Å². The second kappa shape index (κ2) is 8.64. The van der Waals surface area contributed by atoms with Gasteiger partial charge >= 0.3 is 0 Å². The number of nitro groups is 1. The molecule has 0 unspecified atom stereocenters. The quantitative estimate of drug-likeness (QED) is 0.454. The first-order chi connectivity index (χ1) is 14.2. The number of anilines is 2. The molecule has 0 bridgehead atoms. The van der Waals surface area contributed by atoms with Crippen LogP contribution >= 0.6 is 0 Å². The zero-order valence-electron chi connectivity index (χ0n) is 15.9. The summed E-state index contributed by atoms with van der Waals surface area (Å²) < 4.78 is 0. The highest BCUT2D eigenvalue weighted by molar-refractivity contribution is 5.64. The predicted octanol–water partition coefficient (Wildman–Crippen LogP) is 4.41. The lowest BCUT2D eigenvalue weighted by Crippen LogP contribution is -2.17. The van der Waals surface area contributed by atoms with E-state index in [0.29, 0.717) is 29.9 Å². The van der Waals surface area contributed by atoms with Crippen molar-refractivity contribution in [3.63, 3.8) is 0 Å². The van der Waals surface area contributed by atoms with E-state index in [1.807, 2.05) is 18.2 Å². The highest BCUT2D eigenvalue weighted by Crippen LogP contribution is 2.25. The van der Waals surface area contributed by atoms with E-state index in [-0.39, 0.29) is 10.6 Å². The van der Waals surface area contributed by atoms with Crippen LogP contribution in [-0.2, 0) is 6.54 Å². The van der Waals surface area contributed by atoms with Crippen LogP contribution in [0.4, 0.5) is 17.5 Å². The number of hydrogen-bond donors (Lipinski definition) is 2. The summed E-state index contributed by atoms with van der Waals surface area (Å²) in [6.07, 6.45) is 8.10. The van der Waals surface area contributed by atoms with Crippen molar-refractivity contribution in [1.29, 1.82) is 0 Å². The van der Waals surface area contributed by atoms with Crippen LogP contribution < -0.4 is 10.6 Å². The van der Waals surface area contributed by atoms with E-state index in [9.17, 15) is 10.1 Å². The summed E-state index contributed by atoms with van der Waals surface area (Å²) in [4.78, 5) is 24.2. The minimum atomic E-state index is -0.369. The Morgan fingerprint density at radius 2 is 1.83 bits per heavy atom.